The lowest BCUT2D eigenvalue weighted by Gasteiger charge is -2.25. The van der Waals surface area contributed by atoms with Gasteiger partial charge in [0.2, 0.25) is 0 Å². The fourth-order valence-electron chi connectivity index (χ4n) is 3.34. The summed E-state index contributed by atoms with van der Waals surface area (Å²) in [7, 11) is 1.76. The molecule has 20 heavy (non-hydrogen) atoms. The predicted octanol–water partition coefficient (Wildman–Crippen LogP) is 3.81. The molecule has 0 spiro atoms. The molecule has 0 radical (unpaired) electrons. The summed E-state index contributed by atoms with van der Waals surface area (Å²) < 4.78 is 5.13. The highest BCUT2D eigenvalue weighted by molar-refractivity contribution is 5.32. The Balaban J connectivity index is 2.06. The highest BCUT2D eigenvalue weighted by Gasteiger charge is 2.26. The van der Waals surface area contributed by atoms with Crippen LogP contribution in [0.15, 0.2) is 18.2 Å². The Hall–Kier alpha value is -0.860. The topological polar surface area (TPSA) is 21.3 Å². The number of ether oxygens (including phenoxy) is 1. The molecule has 2 heteroatoms. The average molecular weight is 275 g/mol. The number of methoxy groups -OCH3 is 1. The Bertz CT molecular complexity index is 410. The number of hydrogen-bond donors (Lipinski definition) is 1. The molecule has 1 aliphatic carbocycles. The van der Waals surface area contributed by atoms with Crippen molar-refractivity contribution in [3.8, 4) is 0 Å². The number of benzene rings is 1. The first kappa shape index (κ1) is 15.5. The molecule has 2 rings (SSSR count). The van der Waals surface area contributed by atoms with Crippen molar-refractivity contribution >= 4 is 0 Å². The van der Waals surface area contributed by atoms with E-state index in [1.165, 1.54) is 42.4 Å². The van der Waals surface area contributed by atoms with Gasteiger partial charge in [-0.15, -0.1) is 0 Å². The standard InChI is InChI=1S/C18H29NO/c1-14-8-9-17(12-15(14)2)18(13-19-10-11-20-3)16-6-4-5-7-16/h8-9,12,16,18-19H,4-7,10-11,13H2,1-3H3. The van der Waals surface area contributed by atoms with Gasteiger partial charge in [-0.1, -0.05) is 31.0 Å². The van der Waals surface area contributed by atoms with Crippen molar-refractivity contribution in [1.29, 1.82) is 0 Å². The molecule has 1 atom stereocenters. The summed E-state index contributed by atoms with van der Waals surface area (Å²) >= 11 is 0. The van der Waals surface area contributed by atoms with E-state index in [4.69, 9.17) is 4.74 Å². The summed E-state index contributed by atoms with van der Waals surface area (Å²) in [5, 5.41) is 3.57. The summed E-state index contributed by atoms with van der Waals surface area (Å²) in [5.74, 6) is 1.51. The van der Waals surface area contributed by atoms with Crippen LogP contribution in [0.1, 0.15) is 48.3 Å². The summed E-state index contributed by atoms with van der Waals surface area (Å²) in [6.45, 7) is 7.24. The molecule has 0 aromatic heterocycles. The van der Waals surface area contributed by atoms with Crippen LogP contribution in [0.3, 0.4) is 0 Å². The van der Waals surface area contributed by atoms with Crippen molar-refractivity contribution < 1.29 is 4.74 Å². The first-order valence-corrected chi connectivity index (χ1v) is 7.99. The van der Waals surface area contributed by atoms with Gasteiger partial charge in [0.25, 0.3) is 0 Å². The van der Waals surface area contributed by atoms with Gasteiger partial charge in [-0.3, -0.25) is 0 Å². The van der Waals surface area contributed by atoms with Crippen molar-refractivity contribution in [2.24, 2.45) is 5.92 Å². The monoisotopic (exact) mass is 275 g/mol. The van der Waals surface area contributed by atoms with E-state index in [1.807, 2.05) is 0 Å². The molecule has 1 aromatic rings. The smallest absolute Gasteiger partial charge is 0.0587 e. The molecule has 0 aliphatic heterocycles. The lowest BCUT2D eigenvalue weighted by atomic mass is 9.83. The van der Waals surface area contributed by atoms with Gasteiger partial charge in [0.05, 0.1) is 6.61 Å². The second-order valence-corrected chi connectivity index (χ2v) is 6.19. The van der Waals surface area contributed by atoms with Crippen LogP contribution in [0, 0.1) is 19.8 Å². The SMILES string of the molecule is COCCNCC(c1ccc(C)c(C)c1)C1CCCC1. The van der Waals surface area contributed by atoms with E-state index in [1.54, 1.807) is 7.11 Å². The molecule has 0 amide bonds. The number of hydrogen-bond acceptors (Lipinski definition) is 2. The first-order chi connectivity index (χ1) is 9.72. The minimum absolute atomic E-state index is 0.661. The van der Waals surface area contributed by atoms with Crippen molar-refractivity contribution in [3.63, 3.8) is 0 Å². The largest absolute Gasteiger partial charge is 0.383 e. The van der Waals surface area contributed by atoms with E-state index in [9.17, 15) is 0 Å². The van der Waals surface area contributed by atoms with Crippen LogP contribution in [0.4, 0.5) is 0 Å². The van der Waals surface area contributed by atoms with Crippen LogP contribution in [-0.4, -0.2) is 26.8 Å². The van der Waals surface area contributed by atoms with Crippen LogP contribution in [-0.2, 0) is 4.74 Å². The lowest BCUT2D eigenvalue weighted by molar-refractivity contribution is 0.198. The summed E-state index contributed by atoms with van der Waals surface area (Å²) in [6.07, 6.45) is 5.60. The molecular weight excluding hydrogens is 246 g/mol. The summed E-state index contributed by atoms with van der Waals surface area (Å²) in [6, 6.07) is 7.02. The van der Waals surface area contributed by atoms with Gasteiger partial charge < -0.3 is 10.1 Å². The summed E-state index contributed by atoms with van der Waals surface area (Å²) in [4.78, 5) is 0. The molecule has 1 aliphatic rings. The lowest BCUT2D eigenvalue weighted by Crippen LogP contribution is -2.28. The van der Waals surface area contributed by atoms with Crippen LogP contribution in [0.2, 0.25) is 0 Å². The maximum absolute atomic E-state index is 5.13. The van der Waals surface area contributed by atoms with Crippen molar-refractivity contribution in [2.75, 3.05) is 26.8 Å². The molecule has 1 unspecified atom stereocenters. The molecule has 1 fully saturated rings. The fraction of sp³-hybridized carbons (Fsp3) is 0.667. The minimum Gasteiger partial charge on any atom is -0.383 e. The van der Waals surface area contributed by atoms with Gasteiger partial charge in [0.1, 0.15) is 0 Å². The normalized spacial score (nSPS) is 17.6. The highest BCUT2D eigenvalue weighted by atomic mass is 16.5. The van der Waals surface area contributed by atoms with Gasteiger partial charge in [-0.2, -0.15) is 0 Å². The first-order valence-electron chi connectivity index (χ1n) is 7.99. The van der Waals surface area contributed by atoms with E-state index in [-0.39, 0.29) is 0 Å². The maximum Gasteiger partial charge on any atom is 0.0587 e. The minimum atomic E-state index is 0.661. The Labute approximate surface area is 123 Å². The number of nitrogens with one attached hydrogen (secondary N) is 1. The Morgan fingerprint density at radius 2 is 1.95 bits per heavy atom. The van der Waals surface area contributed by atoms with Gasteiger partial charge in [0, 0.05) is 20.2 Å². The van der Waals surface area contributed by atoms with E-state index in [2.05, 4.69) is 37.4 Å². The van der Waals surface area contributed by atoms with Gasteiger partial charge in [-0.05, 0) is 55.2 Å². The molecule has 2 nitrogen and oxygen atoms in total. The average Bonchev–Trinajstić information content (AvgIpc) is 2.96. The van der Waals surface area contributed by atoms with Crippen LogP contribution in [0.25, 0.3) is 0 Å². The Kier molecular flexibility index (Phi) is 6.06. The molecule has 0 heterocycles. The van der Waals surface area contributed by atoms with Crippen LogP contribution < -0.4 is 5.32 Å². The van der Waals surface area contributed by atoms with Gasteiger partial charge >= 0.3 is 0 Å². The zero-order valence-electron chi connectivity index (χ0n) is 13.2. The fourth-order valence-corrected chi connectivity index (χ4v) is 3.34. The molecule has 1 aromatic carbocycles. The second kappa shape index (κ2) is 7.80. The van der Waals surface area contributed by atoms with E-state index < -0.39 is 0 Å². The van der Waals surface area contributed by atoms with Gasteiger partial charge in [-0.25, -0.2) is 0 Å². The number of aryl methyl sites for hydroxylation is 2. The molecule has 1 N–H and O–H groups in total. The van der Waals surface area contributed by atoms with E-state index in [0.29, 0.717) is 5.92 Å². The maximum atomic E-state index is 5.13. The molecule has 0 bridgehead atoms. The van der Waals surface area contributed by atoms with Crippen LogP contribution in [0.5, 0.6) is 0 Å². The highest BCUT2D eigenvalue weighted by Crippen LogP contribution is 2.37. The summed E-state index contributed by atoms with van der Waals surface area (Å²) in [5.41, 5.74) is 4.33. The number of rotatable bonds is 7. The zero-order chi connectivity index (χ0) is 14.4. The molecule has 1 saturated carbocycles. The third kappa shape index (κ3) is 4.07. The van der Waals surface area contributed by atoms with Crippen LogP contribution >= 0.6 is 0 Å². The zero-order valence-corrected chi connectivity index (χ0v) is 13.2. The van der Waals surface area contributed by atoms with Crippen molar-refractivity contribution in [1.82, 2.24) is 5.32 Å². The van der Waals surface area contributed by atoms with E-state index in [0.717, 1.165) is 25.6 Å². The Morgan fingerprint density at radius 1 is 1.20 bits per heavy atom. The molecule has 112 valence electrons. The predicted molar refractivity (Wildman–Crippen MR) is 85.4 cm³/mol. The van der Waals surface area contributed by atoms with Crippen molar-refractivity contribution in [2.45, 2.75) is 45.4 Å². The van der Waals surface area contributed by atoms with Gasteiger partial charge in [0.15, 0.2) is 0 Å². The quantitative estimate of drug-likeness (QED) is 0.764. The third-order valence-corrected chi connectivity index (χ3v) is 4.78. The van der Waals surface area contributed by atoms with E-state index >= 15 is 0 Å². The second-order valence-electron chi connectivity index (χ2n) is 6.19. The molecule has 0 saturated heterocycles. The van der Waals surface area contributed by atoms with Crippen molar-refractivity contribution in [3.05, 3.63) is 34.9 Å². The Morgan fingerprint density at radius 3 is 2.60 bits per heavy atom. The molecular formula is C18H29NO. The third-order valence-electron chi connectivity index (χ3n) is 4.78.